The largest absolute Gasteiger partial charge is 0.311 e. The van der Waals surface area contributed by atoms with Gasteiger partial charge >= 0.3 is 0 Å². The Morgan fingerprint density at radius 1 is 1.15 bits per heavy atom. The molecule has 1 aromatic carbocycles. The minimum absolute atomic E-state index is 0.0277. The van der Waals surface area contributed by atoms with Crippen molar-refractivity contribution in [1.29, 1.82) is 0 Å². The molecule has 20 heavy (non-hydrogen) atoms. The van der Waals surface area contributed by atoms with Crippen LogP contribution in [-0.2, 0) is 0 Å². The molecular formula is C18H26FN. The summed E-state index contributed by atoms with van der Waals surface area (Å²) < 4.78 is 13.7. The second-order valence-corrected chi connectivity index (χ2v) is 6.61. The third-order valence-electron chi connectivity index (χ3n) is 5.37. The molecule has 0 saturated heterocycles. The first-order valence-electron chi connectivity index (χ1n) is 8.28. The lowest BCUT2D eigenvalue weighted by Gasteiger charge is -2.42. The third kappa shape index (κ3) is 2.90. The van der Waals surface area contributed by atoms with Gasteiger partial charge in [-0.15, -0.1) is 0 Å². The van der Waals surface area contributed by atoms with Crippen molar-refractivity contribution in [2.45, 2.75) is 69.9 Å². The zero-order chi connectivity index (χ0) is 13.9. The number of nitrogens with one attached hydrogen (secondary N) is 1. The van der Waals surface area contributed by atoms with E-state index >= 15 is 0 Å². The van der Waals surface area contributed by atoms with Gasteiger partial charge in [0.15, 0.2) is 0 Å². The van der Waals surface area contributed by atoms with Crippen molar-refractivity contribution < 1.29 is 4.39 Å². The van der Waals surface area contributed by atoms with Crippen molar-refractivity contribution in [3.8, 4) is 0 Å². The minimum atomic E-state index is -0.0277. The lowest BCUT2D eigenvalue weighted by Crippen LogP contribution is -2.49. The highest BCUT2D eigenvalue weighted by atomic mass is 19.1. The fourth-order valence-corrected chi connectivity index (χ4v) is 4.03. The van der Waals surface area contributed by atoms with Gasteiger partial charge in [0.2, 0.25) is 0 Å². The molecule has 0 heterocycles. The van der Waals surface area contributed by atoms with Gasteiger partial charge in [-0.2, -0.15) is 0 Å². The highest BCUT2D eigenvalue weighted by molar-refractivity contribution is 5.24. The first-order chi connectivity index (χ1) is 9.78. The van der Waals surface area contributed by atoms with Crippen molar-refractivity contribution in [3.05, 3.63) is 35.6 Å². The van der Waals surface area contributed by atoms with Crippen LogP contribution in [0.3, 0.4) is 0 Å². The zero-order valence-electron chi connectivity index (χ0n) is 12.4. The lowest BCUT2D eigenvalue weighted by atomic mass is 9.74. The normalized spacial score (nSPS) is 33.7. The van der Waals surface area contributed by atoms with E-state index in [9.17, 15) is 4.39 Å². The van der Waals surface area contributed by atoms with Crippen LogP contribution in [0.2, 0.25) is 0 Å². The molecule has 110 valence electrons. The van der Waals surface area contributed by atoms with Gasteiger partial charge in [-0.05, 0) is 49.1 Å². The summed E-state index contributed by atoms with van der Waals surface area (Å²) in [6, 6.07) is 8.59. The predicted molar refractivity (Wildman–Crippen MR) is 81.3 cm³/mol. The molecule has 2 unspecified atom stereocenters. The van der Waals surface area contributed by atoms with Crippen molar-refractivity contribution >= 4 is 0 Å². The zero-order valence-corrected chi connectivity index (χ0v) is 12.4. The van der Waals surface area contributed by atoms with Crippen LogP contribution in [0.1, 0.15) is 63.4 Å². The molecule has 2 aliphatic carbocycles. The van der Waals surface area contributed by atoms with Gasteiger partial charge in [0.25, 0.3) is 0 Å². The Balaban J connectivity index is 1.52. The molecule has 3 rings (SSSR count). The fraction of sp³-hybridized carbons (Fsp3) is 0.667. The molecule has 2 heteroatoms. The standard InChI is InChI=1S/C18H26FN/c1-2-13-7-3-6-10-18(13)20-15-11-14(12-15)16-8-4-5-9-17(16)19/h4-5,8-9,13-15,18,20H,2-3,6-7,10-12H2,1H3. The summed E-state index contributed by atoms with van der Waals surface area (Å²) in [5.74, 6) is 1.26. The van der Waals surface area contributed by atoms with E-state index in [1.54, 1.807) is 12.1 Å². The highest BCUT2D eigenvalue weighted by Gasteiger charge is 2.34. The van der Waals surface area contributed by atoms with Crippen LogP contribution in [0.4, 0.5) is 4.39 Å². The first-order valence-corrected chi connectivity index (χ1v) is 8.28. The second kappa shape index (κ2) is 6.26. The monoisotopic (exact) mass is 275 g/mol. The Kier molecular flexibility index (Phi) is 4.40. The molecule has 0 bridgehead atoms. The molecule has 0 radical (unpaired) electrons. The van der Waals surface area contributed by atoms with Crippen LogP contribution in [0.5, 0.6) is 0 Å². The van der Waals surface area contributed by atoms with E-state index in [-0.39, 0.29) is 5.82 Å². The summed E-state index contributed by atoms with van der Waals surface area (Å²) in [4.78, 5) is 0. The summed E-state index contributed by atoms with van der Waals surface area (Å²) in [5.41, 5.74) is 0.918. The number of hydrogen-bond acceptors (Lipinski definition) is 1. The van der Waals surface area contributed by atoms with Gasteiger partial charge in [0.1, 0.15) is 5.82 Å². The average molecular weight is 275 g/mol. The molecule has 2 fully saturated rings. The van der Waals surface area contributed by atoms with E-state index < -0.39 is 0 Å². The van der Waals surface area contributed by atoms with Gasteiger partial charge in [-0.25, -0.2) is 4.39 Å². The molecule has 1 N–H and O–H groups in total. The summed E-state index contributed by atoms with van der Waals surface area (Å²) in [7, 11) is 0. The molecule has 0 aliphatic heterocycles. The molecule has 0 spiro atoms. The van der Waals surface area contributed by atoms with Crippen LogP contribution >= 0.6 is 0 Å². The van der Waals surface area contributed by atoms with Crippen LogP contribution in [-0.4, -0.2) is 12.1 Å². The number of halogens is 1. The Hall–Kier alpha value is -0.890. The van der Waals surface area contributed by atoms with Gasteiger partial charge in [-0.3, -0.25) is 0 Å². The fourth-order valence-electron chi connectivity index (χ4n) is 4.03. The van der Waals surface area contributed by atoms with Crippen LogP contribution in [0, 0.1) is 11.7 Å². The Bertz CT molecular complexity index is 439. The van der Waals surface area contributed by atoms with Crippen molar-refractivity contribution in [3.63, 3.8) is 0 Å². The Labute approximate surface area is 122 Å². The van der Waals surface area contributed by atoms with E-state index in [0.717, 1.165) is 24.3 Å². The summed E-state index contributed by atoms with van der Waals surface area (Å²) in [6.07, 6.45) is 9.00. The Morgan fingerprint density at radius 2 is 1.90 bits per heavy atom. The molecule has 2 aliphatic rings. The maximum absolute atomic E-state index is 13.7. The van der Waals surface area contributed by atoms with Crippen molar-refractivity contribution in [1.82, 2.24) is 5.32 Å². The van der Waals surface area contributed by atoms with E-state index in [4.69, 9.17) is 0 Å². The predicted octanol–water partition coefficient (Wildman–Crippen LogP) is 4.63. The minimum Gasteiger partial charge on any atom is -0.311 e. The summed E-state index contributed by atoms with van der Waals surface area (Å²) in [6.45, 7) is 2.31. The van der Waals surface area contributed by atoms with Crippen LogP contribution in [0.25, 0.3) is 0 Å². The van der Waals surface area contributed by atoms with Gasteiger partial charge in [0.05, 0.1) is 0 Å². The Morgan fingerprint density at radius 3 is 2.65 bits per heavy atom. The van der Waals surface area contributed by atoms with Crippen molar-refractivity contribution in [2.75, 3.05) is 0 Å². The van der Waals surface area contributed by atoms with Crippen LogP contribution < -0.4 is 5.32 Å². The number of benzene rings is 1. The topological polar surface area (TPSA) is 12.0 Å². The molecule has 2 saturated carbocycles. The third-order valence-corrected chi connectivity index (χ3v) is 5.37. The second-order valence-electron chi connectivity index (χ2n) is 6.61. The number of rotatable bonds is 4. The summed E-state index contributed by atoms with van der Waals surface area (Å²) >= 11 is 0. The maximum atomic E-state index is 13.7. The first kappa shape index (κ1) is 14.1. The highest BCUT2D eigenvalue weighted by Crippen LogP contribution is 2.39. The van der Waals surface area contributed by atoms with E-state index in [1.807, 2.05) is 12.1 Å². The quantitative estimate of drug-likeness (QED) is 0.844. The molecule has 2 atom stereocenters. The molecule has 0 amide bonds. The smallest absolute Gasteiger partial charge is 0.126 e. The SMILES string of the molecule is CCC1CCCCC1NC1CC(c2ccccc2F)C1. The number of hydrogen-bond donors (Lipinski definition) is 1. The van der Waals surface area contributed by atoms with E-state index in [2.05, 4.69) is 12.2 Å². The van der Waals surface area contributed by atoms with Gasteiger partial charge < -0.3 is 5.32 Å². The van der Waals surface area contributed by atoms with Gasteiger partial charge in [-0.1, -0.05) is 44.4 Å². The molecular weight excluding hydrogens is 249 g/mol. The van der Waals surface area contributed by atoms with E-state index in [1.165, 1.54) is 32.1 Å². The van der Waals surface area contributed by atoms with Crippen LogP contribution in [0.15, 0.2) is 24.3 Å². The van der Waals surface area contributed by atoms with Crippen molar-refractivity contribution in [2.24, 2.45) is 5.92 Å². The lowest BCUT2D eigenvalue weighted by molar-refractivity contribution is 0.187. The molecule has 1 aromatic rings. The maximum Gasteiger partial charge on any atom is 0.126 e. The molecule has 1 nitrogen and oxygen atoms in total. The summed E-state index contributed by atoms with van der Waals surface area (Å²) in [5, 5.41) is 3.85. The average Bonchev–Trinajstić information content (AvgIpc) is 2.44. The van der Waals surface area contributed by atoms with Gasteiger partial charge in [0, 0.05) is 12.1 Å². The molecule has 0 aromatic heterocycles. The van der Waals surface area contributed by atoms with E-state index in [0.29, 0.717) is 18.0 Å².